The van der Waals surface area contributed by atoms with Crippen molar-refractivity contribution in [2.24, 2.45) is 11.7 Å². The van der Waals surface area contributed by atoms with E-state index in [0.717, 1.165) is 25.3 Å². The van der Waals surface area contributed by atoms with Gasteiger partial charge in [0.15, 0.2) is 0 Å². The average molecular weight is 270 g/mol. The third-order valence-corrected chi connectivity index (χ3v) is 4.55. The second kappa shape index (κ2) is 7.25. The van der Waals surface area contributed by atoms with Gasteiger partial charge in [-0.25, -0.2) is 0 Å². The molecule has 0 aromatic carbocycles. The molecule has 0 aromatic heterocycles. The molecular formula is C15H30N2O2. The smallest absolute Gasteiger partial charge is 0.325 e. The van der Waals surface area contributed by atoms with E-state index < -0.39 is 5.54 Å². The molecule has 1 aliphatic heterocycles. The molecule has 0 aromatic rings. The van der Waals surface area contributed by atoms with Crippen LogP contribution in [-0.4, -0.2) is 42.6 Å². The summed E-state index contributed by atoms with van der Waals surface area (Å²) in [4.78, 5) is 14.0. The summed E-state index contributed by atoms with van der Waals surface area (Å²) in [6.07, 6.45) is 5.42. The number of esters is 1. The lowest BCUT2D eigenvalue weighted by Crippen LogP contribution is -2.46. The Bertz CT molecular complexity index is 292. The SMILES string of the molecule is COC(=O)C(C)(N)CCCCN1CCCC(C)C1C. The summed E-state index contributed by atoms with van der Waals surface area (Å²) in [6, 6.07) is 0.679. The standard InChI is InChI=1S/C15H30N2O2/c1-12-8-7-11-17(13(12)2)10-6-5-9-15(3,16)14(18)19-4/h12-13H,5-11,16H2,1-4H3. The zero-order chi connectivity index (χ0) is 14.5. The van der Waals surface area contributed by atoms with Crippen molar-refractivity contribution in [3.63, 3.8) is 0 Å². The quantitative estimate of drug-likeness (QED) is 0.593. The van der Waals surface area contributed by atoms with Gasteiger partial charge in [0.05, 0.1) is 7.11 Å². The molecule has 1 heterocycles. The largest absolute Gasteiger partial charge is 0.468 e. The van der Waals surface area contributed by atoms with E-state index >= 15 is 0 Å². The van der Waals surface area contributed by atoms with Crippen LogP contribution in [0.2, 0.25) is 0 Å². The predicted molar refractivity (Wildman–Crippen MR) is 77.9 cm³/mol. The molecule has 1 aliphatic rings. The lowest BCUT2D eigenvalue weighted by Gasteiger charge is -2.38. The Morgan fingerprint density at radius 2 is 2.11 bits per heavy atom. The molecule has 3 atom stereocenters. The first kappa shape index (κ1) is 16.4. The second-order valence-corrected chi connectivity index (χ2v) is 6.26. The van der Waals surface area contributed by atoms with Crippen LogP contribution in [0.15, 0.2) is 0 Å². The number of carbonyl (C=O) groups excluding carboxylic acids is 1. The van der Waals surface area contributed by atoms with Crippen LogP contribution >= 0.6 is 0 Å². The fraction of sp³-hybridized carbons (Fsp3) is 0.933. The summed E-state index contributed by atoms with van der Waals surface area (Å²) in [5.41, 5.74) is 5.11. The highest BCUT2D eigenvalue weighted by atomic mass is 16.5. The van der Waals surface area contributed by atoms with Crippen LogP contribution in [0.4, 0.5) is 0 Å². The van der Waals surface area contributed by atoms with Gasteiger partial charge < -0.3 is 15.4 Å². The lowest BCUT2D eigenvalue weighted by molar-refractivity contribution is -0.146. The molecule has 0 aliphatic carbocycles. The van der Waals surface area contributed by atoms with Crippen molar-refractivity contribution >= 4 is 5.97 Å². The number of nitrogens with zero attached hydrogens (tertiary/aromatic N) is 1. The maximum atomic E-state index is 11.5. The van der Waals surface area contributed by atoms with Crippen molar-refractivity contribution in [2.45, 2.75) is 64.5 Å². The van der Waals surface area contributed by atoms with Gasteiger partial charge in [0, 0.05) is 6.04 Å². The van der Waals surface area contributed by atoms with Crippen LogP contribution in [0, 0.1) is 5.92 Å². The van der Waals surface area contributed by atoms with Crippen molar-refractivity contribution in [1.82, 2.24) is 4.90 Å². The first-order valence-corrected chi connectivity index (χ1v) is 7.50. The van der Waals surface area contributed by atoms with Gasteiger partial charge in [-0.1, -0.05) is 6.92 Å². The van der Waals surface area contributed by atoms with Gasteiger partial charge in [0.1, 0.15) is 5.54 Å². The molecule has 1 saturated heterocycles. The van der Waals surface area contributed by atoms with E-state index in [0.29, 0.717) is 12.5 Å². The van der Waals surface area contributed by atoms with Crippen LogP contribution in [0.3, 0.4) is 0 Å². The van der Waals surface area contributed by atoms with Crippen LogP contribution in [-0.2, 0) is 9.53 Å². The summed E-state index contributed by atoms with van der Waals surface area (Å²) >= 11 is 0. The molecule has 0 radical (unpaired) electrons. The Morgan fingerprint density at radius 3 is 2.74 bits per heavy atom. The Hall–Kier alpha value is -0.610. The topological polar surface area (TPSA) is 55.6 Å². The fourth-order valence-corrected chi connectivity index (χ4v) is 2.88. The van der Waals surface area contributed by atoms with Crippen molar-refractivity contribution in [3.8, 4) is 0 Å². The highest BCUT2D eigenvalue weighted by Crippen LogP contribution is 2.23. The number of ether oxygens (including phenoxy) is 1. The molecule has 4 nitrogen and oxygen atoms in total. The van der Waals surface area contributed by atoms with E-state index in [1.165, 1.54) is 26.5 Å². The van der Waals surface area contributed by atoms with Gasteiger partial charge in [0.2, 0.25) is 0 Å². The molecule has 4 heteroatoms. The molecular weight excluding hydrogens is 240 g/mol. The number of methoxy groups -OCH3 is 1. The zero-order valence-electron chi connectivity index (χ0n) is 12.9. The van der Waals surface area contributed by atoms with Crippen LogP contribution < -0.4 is 5.73 Å². The summed E-state index contributed by atoms with van der Waals surface area (Å²) in [5, 5.41) is 0. The Labute approximate surface area is 117 Å². The van der Waals surface area contributed by atoms with Crippen molar-refractivity contribution < 1.29 is 9.53 Å². The number of piperidine rings is 1. The highest BCUT2D eigenvalue weighted by Gasteiger charge is 2.29. The van der Waals surface area contributed by atoms with Gasteiger partial charge in [-0.3, -0.25) is 4.79 Å². The van der Waals surface area contributed by atoms with Gasteiger partial charge in [-0.2, -0.15) is 0 Å². The number of hydrogen-bond acceptors (Lipinski definition) is 4. The van der Waals surface area contributed by atoms with E-state index in [-0.39, 0.29) is 5.97 Å². The highest BCUT2D eigenvalue weighted by molar-refractivity contribution is 5.79. The minimum Gasteiger partial charge on any atom is -0.468 e. The monoisotopic (exact) mass is 270 g/mol. The number of unbranched alkanes of at least 4 members (excludes halogenated alkanes) is 1. The third kappa shape index (κ3) is 4.77. The predicted octanol–water partition coefficient (Wildman–Crippen LogP) is 2.17. The minimum absolute atomic E-state index is 0.313. The molecule has 0 amide bonds. The lowest BCUT2D eigenvalue weighted by atomic mass is 9.91. The summed E-state index contributed by atoms with van der Waals surface area (Å²) in [7, 11) is 1.39. The summed E-state index contributed by atoms with van der Waals surface area (Å²) < 4.78 is 4.72. The van der Waals surface area contributed by atoms with E-state index in [9.17, 15) is 4.79 Å². The average Bonchev–Trinajstić information content (AvgIpc) is 2.38. The second-order valence-electron chi connectivity index (χ2n) is 6.26. The Morgan fingerprint density at radius 1 is 1.42 bits per heavy atom. The summed E-state index contributed by atoms with van der Waals surface area (Å²) in [5.74, 6) is 0.482. The first-order valence-electron chi connectivity index (χ1n) is 7.50. The molecule has 112 valence electrons. The van der Waals surface area contributed by atoms with Crippen molar-refractivity contribution in [3.05, 3.63) is 0 Å². The number of hydrogen-bond donors (Lipinski definition) is 1. The van der Waals surface area contributed by atoms with E-state index in [2.05, 4.69) is 18.7 Å². The van der Waals surface area contributed by atoms with E-state index in [1.54, 1.807) is 6.92 Å². The van der Waals surface area contributed by atoms with E-state index in [1.807, 2.05) is 0 Å². The normalized spacial score (nSPS) is 27.8. The number of nitrogens with two attached hydrogens (primary N) is 1. The molecule has 0 spiro atoms. The Kier molecular flexibility index (Phi) is 6.27. The van der Waals surface area contributed by atoms with E-state index in [4.69, 9.17) is 10.5 Å². The maximum Gasteiger partial charge on any atom is 0.325 e. The molecule has 1 fully saturated rings. The first-order chi connectivity index (χ1) is 8.88. The summed E-state index contributed by atoms with van der Waals surface area (Å²) in [6.45, 7) is 8.74. The number of rotatable bonds is 6. The number of likely N-dealkylation sites (tertiary alicyclic amines) is 1. The molecule has 19 heavy (non-hydrogen) atoms. The number of carbonyl (C=O) groups is 1. The zero-order valence-corrected chi connectivity index (χ0v) is 12.9. The van der Waals surface area contributed by atoms with Gasteiger partial charge >= 0.3 is 5.97 Å². The van der Waals surface area contributed by atoms with Crippen LogP contribution in [0.25, 0.3) is 0 Å². The van der Waals surface area contributed by atoms with Crippen molar-refractivity contribution in [2.75, 3.05) is 20.2 Å². The minimum atomic E-state index is -0.838. The van der Waals surface area contributed by atoms with Crippen LogP contribution in [0.1, 0.15) is 52.9 Å². The van der Waals surface area contributed by atoms with Gasteiger partial charge in [-0.15, -0.1) is 0 Å². The fourth-order valence-electron chi connectivity index (χ4n) is 2.88. The molecule has 3 unspecified atom stereocenters. The molecule has 2 N–H and O–H groups in total. The molecule has 1 rings (SSSR count). The Balaban J connectivity index is 2.25. The van der Waals surface area contributed by atoms with Crippen LogP contribution in [0.5, 0.6) is 0 Å². The third-order valence-electron chi connectivity index (χ3n) is 4.55. The van der Waals surface area contributed by atoms with Gasteiger partial charge in [-0.05, 0) is 65.0 Å². The van der Waals surface area contributed by atoms with Gasteiger partial charge in [0.25, 0.3) is 0 Å². The molecule has 0 bridgehead atoms. The maximum absolute atomic E-state index is 11.5. The van der Waals surface area contributed by atoms with Crippen molar-refractivity contribution in [1.29, 1.82) is 0 Å². The molecule has 0 saturated carbocycles.